The van der Waals surface area contributed by atoms with Gasteiger partial charge in [0.25, 0.3) is 5.56 Å². The van der Waals surface area contributed by atoms with Crippen LogP contribution in [0.25, 0.3) is 0 Å². The Morgan fingerprint density at radius 2 is 2.35 bits per heavy atom. The summed E-state index contributed by atoms with van der Waals surface area (Å²) >= 11 is 3.27. The Balaban J connectivity index is 2.08. The predicted octanol–water partition coefficient (Wildman–Crippen LogP) is 1.78. The van der Waals surface area contributed by atoms with Gasteiger partial charge in [0.1, 0.15) is 11.0 Å². The van der Waals surface area contributed by atoms with Crippen molar-refractivity contribution in [2.75, 3.05) is 12.4 Å². The lowest BCUT2D eigenvalue weighted by atomic mass is 10.1. The first-order valence-corrected chi connectivity index (χ1v) is 7.39. The molecule has 1 aromatic rings. The average molecular weight is 344 g/mol. The SMILES string of the molecule is COC(=O)Cn1ncc(NC(C)CC2CC2)c(Br)c1=O. The molecule has 0 amide bonds. The molecule has 1 saturated carbocycles. The zero-order chi connectivity index (χ0) is 14.7. The lowest BCUT2D eigenvalue weighted by molar-refractivity contribution is -0.141. The van der Waals surface area contributed by atoms with Crippen LogP contribution in [0.5, 0.6) is 0 Å². The quantitative estimate of drug-likeness (QED) is 0.797. The van der Waals surface area contributed by atoms with Gasteiger partial charge in [-0.2, -0.15) is 5.10 Å². The molecule has 1 aromatic heterocycles. The maximum absolute atomic E-state index is 12.1. The molecule has 1 fully saturated rings. The maximum atomic E-state index is 12.1. The summed E-state index contributed by atoms with van der Waals surface area (Å²) < 4.78 is 5.99. The van der Waals surface area contributed by atoms with Crippen molar-refractivity contribution in [3.63, 3.8) is 0 Å². The van der Waals surface area contributed by atoms with Gasteiger partial charge in [-0.3, -0.25) is 9.59 Å². The molecule has 0 bridgehead atoms. The zero-order valence-corrected chi connectivity index (χ0v) is 13.1. The molecule has 0 saturated heterocycles. The van der Waals surface area contributed by atoms with Crippen molar-refractivity contribution in [3.8, 4) is 0 Å². The van der Waals surface area contributed by atoms with Crippen molar-refractivity contribution in [2.24, 2.45) is 5.92 Å². The van der Waals surface area contributed by atoms with E-state index in [1.165, 1.54) is 20.0 Å². The van der Waals surface area contributed by atoms with Gasteiger partial charge in [0.15, 0.2) is 0 Å². The lowest BCUT2D eigenvalue weighted by Gasteiger charge is -2.16. The highest BCUT2D eigenvalue weighted by molar-refractivity contribution is 9.10. The Hall–Kier alpha value is -1.37. The molecule has 0 spiro atoms. The fraction of sp³-hybridized carbons (Fsp3) is 0.615. The first kappa shape index (κ1) is 15.0. The van der Waals surface area contributed by atoms with Gasteiger partial charge in [0, 0.05) is 6.04 Å². The van der Waals surface area contributed by atoms with Crippen LogP contribution in [0.2, 0.25) is 0 Å². The van der Waals surface area contributed by atoms with Crippen molar-refractivity contribution >= 4 is 27.6 Å². The molecular weight excluding hydrogens is 326 g/mol. The molecule has 1 heterocycles. The van der Waals surface area contributed by atoms with Gasteiger partial charge in [-0.05, 0) is 35.2 Å². The molecule has 7 heteroatoms. The normalized spacial score (nSPS) is 15.8. The van der Waals surface area contributed by atoms with Crippen molar-refractivity contribution in [2.45, 2.75) is 38.8 Å². The second-order valence-corrected chi connectivity index (χ2v) is 5.93. The number of anilines is 1. The van der Waals surface area contributed by atoms with Gasteiger partial charge in [-0.1, -0.05) is 12.8 Å². The Labute approximate surface area is 125 Å². The Bertz CT molecular complexity index is 554. The summed E-state index contributed by atoms with van der Waals surface area (Å²) in [6.45, 7) is 1.90. The molecule has 2 rings (SSSR count). The molecule has 1 N–H and O–H groups in total. The van der Waals surface area contributed by atoms with E-state index < -0.39 is 5.97 Å². The lowest BCUT2D eigenvalue weighted by Crippen LogP contribution is -2.29. The van der Waals surface area contributed by atoms with Crippen LogP contribution in [0.3, 0.4) is 0 Å². The summed E-state index contributed by atoms with van der Waals surface area (Å²) in [5.41, 5.74) is 0.309. The van der Waals surface area contributed by atoms with Crippen LogP contribution < -0.4 is 10.9 Å². The minimum absolute atomic E-state index is 0.189. The summed E-state index contributed by atoms with van der Waals surface area (Å²) in [6, 6.07) is 0.288. The number of nitrogens with one attached hydrogen (secondary N) is 1. The number of hydrogen-bond donors (Lipinski definition) is 1. The molecule has 20 heavy (non-hydrogen) atoms. The molecule has 6 nitrogen and oxygen atoms in total. The second kappa shape index (κ2) is 6.39. The van der Waals surface area contributed by atoms with Crippen LogP contribution in [0.4, 0.5) is 5.69 Å². The number of ether oxygens (including phenoxy) is 1. The summed E-state index contributed by atoms with van der Waals surface area (Å²) in [4.78, 5) is 23.2. The van der Waals surface area contributed by atoms with E-state index in [2.05, 4.69) is 38.0 Å². The number of carbonyl (C=O) groups excluding carboxylic acids is 1. The molecule has 110 valence electrons. The molecule has 0 aliphatic heterocycles. The Morgan fingerprint density at radius 1 is 1.65 bits per heavy atom. The van der Waals surface area contributed by atoms with Crippen molar-refractivity contribution in [3.05, 3.63) is 21.0 Å². The second-order valence-electron chi connectivity index (χ2n) is 5.14. The summed E-state index contributed by atoms with van der Waals surface area (Å²) in [5, 5.41) is 7.26. The monoisotopic (exact) mass is 343 g/mol. The zero-order valence-electron chi connectivity index (χ0n) is 11.6. The molecule has 0 aromatic carbocycles. The smallest absolute Gasteiger partial charge is 0.327 e. The maximum Gasteiger partial charge on any atom is 0.327 e. The molecular formula is C13H18BrN3O3. The first-order chi connectivity index (χ1) is 9.51. The van der Waals surface area contributed by atoms with Gasteiger partial charge in [0.05, 0.1) is 19.0 Å². The molecule has 1 aliphatic rings. The number of halogens is 1. The Morgan fingerprint density at radius 3 is 2.95 bits per heavy atom. The number of aromatic nitrogens is 2. The van der Waals surface area contributed by atoms with Gasteiger partial charge in [-0.25, -0.2) is 4.68 Å². The highest BCUT2D eigenvalue weighted by Gasteiger charge is 2.24. The molecule has 1 atom stereocenters. The minimum atomic E-state index is -0.505. The number of hydrogen-bond acceptors (Lipinski definition) is 5. The standard InChI is InChI=1S/C13H18BrN3O3/c1-8(5-9-3-4-9)16-10-6-15-17(7-11(18)20-2)13(19)12(10)14/h6,8-9,16H,3-5,7H2,1-2H3. The van der Waals surface area contributed by atoms with Gasteiger partial charge >= 0.3 is 5.97 Å². The van der Waals surface area contributed by atoms with E-state index in [1.54, 1.807) is 6.20 Å². The van der Waals surface area contributed by atoms with Crippen molar-refractivity contribution in [1.82, 2.24) is 9.78 Å². The largest absolute Gasteiger partial charge is 0.468 e. The fourth-order valence-electron chi connectivity index (χ4n) is 2.04. The topological polar surface area (TPSA) is 73.2 Å². The van der Waals surface area contributed by atoms with Crippen LogP contribution >= 0.6 is 15.9 Å². The third-order valence-electron chi connectivity index (χ3n) is 3.28. The number of nitrogens with zero attached hydrogens (tertiary/aromatic N) is 2. The summed E-state index contributed by atoms with van der Waals surface area (Å²) in [7, 11) is 1.28. The van der Waals surface area contributed by atoms with E-state index in [9.17, 15) is 9.59 Å². The van der Waals surface area contributed by atoms with Gasteiger partial charge < -0.3 is 10.1 Å². The van der Waals surface area contributed by atoms with Crippen LogP contribution in [0.15, 0.2) is 15.5 Å². The Kier molecular flexibility index (Phi) is 4.80. The average Bonchev–Trinajstić information content (AvgIpc) is 3.22. The fourth-order valence-corrected chi connectivity index (χ4v) is 2.46. The van der Waals surface area contributed by atoms with E-state index in [1.807, 2.05) is 0 Å². The van der Waals surface area contributed by atoms with Crippen LogP contribution in [0.1, 0.15) is 26.2 Å². The van der Waals surface area contributed by atoms with Crippen LogP contribution in [-0.2, 0) is 16.1 Å². The number of carbonyl (C=O) groups is 1. The van der Waals surface area contributed by atoms with E-state index in [0.717, 1.165) is 17.0 Å². The third kappa shape index (κ3) is 3.82. The van der Waals surface area contributed by atoms with Crippen LogP contribution in [-0.4, -0.2) is 28.9 Å². The third-order valence-corrected chi connectivity index (χ3v) is 4.04. The number of esters is 1. The van der Waals surface area contributed by atoms with Crippen molar-refractivity contribution in [1.29, 1.82) is 0 Å². The summed E-state index contributed by atoms with van der Waals surface area (Å²) in [5.74, 6) is 0.304. The number of rotatable bonds is 6. The molecule has 0 radical (unpaired) electrons. The van der Waals surface area contributed by atoms with E-state index >= 15 is 0 Å². The first-order valence-electron chi connectivity index (χ1n) is 6.60. The van der Waals surface area contributed by atoms with Crippen molar-refractivity contribution < 1.29 is 9.53 Å². The number of methoxy groups -OCH3 is 1. The highest BCUT2D eigenvalue weighted by atomic mass is 79.9. The van der Waals surface area contributed by atoms with E-state index in [4.69, 9.17) is 0 Å². The molecule has 1 unspecified atom stereocenters. The van der Waals surface area contributed by atoms with Crippen LogP contribution in [0, 0.1) is 5.92 Å². The summed E-state index contributed by atoms with van der Waals surface area (Å²) in [6.07, 6.45) is 5.24. The van der Waals surface area contributed by atoms with Gasteiger partial charge in [0.2, 0.25) is 0 Å². The van der Waals surface area contributed by atoms with E-state index in [-0.39, 0.29) is 18.1 Å². The predicted molar refractivity (Wildman–Crippen MR) is 78.6 cm³/mol. The highest BCUT2D eigenvalue weighted by Crippen LogP contribution is 2.34. The molecule has 1 aliphatic carbocycles. The van der Waals surface area contributed by atoms with Gasteiger partial charge in [-0.15, -0.1) is 0 Å². The minimum Gasteiger partial charge on any atom is -0.468 e. The van der Waals surface area contributed by atoms with E-state index in [0.29, 0.717) is 10.2 Å².